The molecule has 0 spiro atoms. The molecule has 0 saturated carbocycles. The largest absolute Gasteiger partial charge is 0.493 e. The van der Waals surface area contributed by atoms with Gasteiger partial charge >= 0.3 is 6.61 Å². The molecule has 122 valence electrons. The number of furan rings is 1. The number of carbonyl (C=O) groups is 1. The van der Waals surface area contributed by atoms with Gasteiger partial charge in [0.1, 0.15) is 5.76 Å². The number of nitrogens with zero attached hydrogens (tertiary/aromatic N) is 1. The lowest BCUT2D eigenvalue weighted by atomic mass is 10.2. The maximum absolute atomic E-state index is 12.2. The lowest BCUT2D eigenvalue weighted by Crippen LogP contribution is -2.17. The Hall–Kier alpha value is -2.90. The first-order valence-electron chi connectivity index (χ1n) is 6.51. The lowest BCUT2D eigenvalue weighted by Gasteiger charge is -2.09. The number of rotatable bonds is 6. The molecule has 0 aliphatic heterocycles. The first-order chi connectivity index (χ1) is 11.0. The summed E-state index contributed by atoms with van der Waals surface area (Å²) in [6.07, 6.45) is 2.75. The van der Waals surface area contributed by atoms with Crippen LogP contribution >= 0.6 is 0 Å². The molecule has 0 fully saturated rings. The fourth-order valence-corrected chi connectivity index (χ4v) is 1.80. The Labute approximate surface area is 130 Å². The van der Waals surface area contributed by atoms with Crippen LogP contribution in [0.3, 0.4) is 0 Å². The van der Waals surface area contributed by atoms with Crippen LogP contribution in [0, 0.1) is 6.92 Å². The van der Waals surface area contributed by atoms with Gasteiger partial charge in [-0.05, 0) is 36.8 Å². The van der Waals surface area contributed by atoms with Crippen LogP contribution in [0.5, 0.6) is 11.5 Å². The van der Waals surface area contributed by atoms with Crippen LogP contribution in [0.1, 0.15) is 21.7 Å². The van der Waals surface area contributed by atoms with E-state index >= 15 is 0 Å². The lowest BCUT2D eigenvalue weighted by molar-refractivity contribution is -0.0512. The van der Waals surface area contributed by atoms with E-state index in [1.807, 2.05) is 0 Å². The number of aryl methyl sites for hydroxylation is 1. The molecule has 1 aromatic heterocycles. The van der Waals surface area contributed by atoms with Gasteiger partial charge < -0.3 is 13.9 Å². The second-order valence-electron chi connectivity index (χ2n) is 4.38. The molecule has 1 heterocycles. The van der Waals surface area contributed by atoms with Gasteiger partial charge in [-0.25, -0.2) is 5.43 Å². The van der Waals surface area contributed by atoms with E-state index in [9.17, 15) is 13.6 Å². The highest BCUT2D eigenvalue weighted by molar-refractivity contribution is 5.95. The average molecular weight is 324 g/mol. The molecule has 8 heteroatoms. The predicted octanol–water partition coefficient (Wildman–Crippen LogP) is 2.96. The molecule has 0 saturated heterocycles. The number of benzene rings is 1. The standard InChI is InChI=1S/C15H14F2N2O4/c1-9-11(5-6-22-9)14(20)19-18-8-10-3-4-12(23-15(16)17)13(7-10)21-2/h3-8,15H,1-2H3,(H,19,20). The monoisotopic (exact) mass is 324 g/mol. The summed E-state index contributed by atoms with van der Waals surface area (Å²) in [4.78, 5) is 11.8. The number of ether oxygens (including phenoxy) is 2. The predicted molar refractivity (Wildman–Crippen MR) is 78.1 cm³/mol. The van der Waals surface area contributed by atoms with Crippen molar-refractivity contribution in [1.29, 1.82) is 0 Å². The van der Waals surface area contributed by atoms with Crippen LogP contribution in [-0.2, 0) is 0 Å². The van der Waals surface area contributed by atoms with Crippen LogP contribution in [0.15, 0.2) is 40.0 Å². The van der Waals surface area contributed by atoms with E-state index in [1.54, 1.807) is 6.92 Å². The SMILES string of the molecule is COc1cc(C=NNC(=O)c2ccoc2C)ccc1OC(F)F. The molecule has 0 bridgehead atoms. The van der Waals surface area contributed by atoms with E-state index < -0.39 is 12.5 Å². The summed E-state index contributed by atoms with van der Waals surface area (Å²) in [5.41, 5.74) is 3.25. The number of carbonyl (C=O) groups excluding carboxylic acids is 1. The van der Waals surface area contributed by atoms with Crippen LogP contribution < -0.4 is 14.9 Å². The summed E-state index contributed by atoms with van der Waals surface area (Å²) in [6.45, 7) is -1.29. The number of hydrazone groups is 1. The quantitative estimate of drug-likeness (QED) is 0.655. The third kappa shape index (κ3) is 4.29. The summed E-state index contributed by atoms with van der Waals surface area (Å²) in [5, 5.41) is 3.79. The summed E-state index contributed by atoms with van der Waals surface area (Å²) in [7, 11) is 1.33. The molecule has 2 rings (SSSR count). The Morgan fingerprint density at radius 2 is 2.13 bits per heavy atom. The van der Waals surface area contributed by atoms with Gasteiger partial charge in [-0.15, -0.1) is 0 Å². The second-order valence-corrected chi connectivity index (χ2v) is 4.38. The molecule has 0 aliphatic rings. The molecule has 1 amide bonds. The highest BCUT2D eigenvalue weighted by atomic mass is 19.3. The Morgan fingerprint density at radius 1 is 1.35 bits per heavy atom. The van der Waals surface area contributed by atoms with E-state index in [2.05, 4.69) is 15.3 Å². The smallest absolute Gasteiger partial charge is 0.387 e. The second kappa shape index (κ2) is 7.39. The zero-order valence-electron chi connectivity index (χ0n) is 12.4. The molecule has 23 heavy (non-hydrogen) atoms. The Bertz CT molecular complexity index is 713. The fraction of sp³-hybridized carbons (Fsp3) is 0.200. The van der Waals surface area contributed by atoms with Crippen molar-refractivity contribution in [2.75, 3.05) is 7.11 Å². The summed E-state index contributed by atoms with van der Waals surface area (Å²) >= 11 is 0. The molecule has 0 unspecified atom stereocenters. The minimum Gasteiger partial charge on any atom is -0.493 e. The molecule has 0 radical (unpaired) electrons. The number of hydrogen-bond donors (Lipinski definition) is 1. The normalized spacial score (nSPS) is 11.0. The highest BCUT2D eigenvalue weighted by Gasteiger charge is 2.11. The maximum atomic E-state index is 12.2. The zero-order valence-corrected chi connectivity index (χ0v) is 12.4. The van der Waals surface area contributed by atoms with E-state index in [4.69, 9.17) is 9.15 Å². The van der Waals surface area contributed by atoms with Crippen molar-refractivity contribution < 1.29 is 27.5 Å². The minimum absolute atomic E-state index is 0.0855. The number of methoxy groups -OCH3 is 1. The van der Waals surface area contributed by atoms with Crippen molar-refractivity contribution in [2.45, 2.75) is 13.5 Å². The Kier molecular flexibility index (Phi) is 5.29. The highest BCUT2D eigenvalue weighted by Crippen LogP contribution is 2.28. The number of hydrogen-bond acceptors (Lipinski definition) is 5. The number of nitrogens with one attached hydrogen (secondary N) is 1. The zero-order chi connectivity index (χ0) is 16.8. The molecule has 2 aromatic rings. The third-order valence-electron chi connectivity index (χ3n) is 2.89. The summed E-state index contributed by atoms with van der Waals surface area (Å²) < 4.78 is 38.8. The first-order valence-corrected chi connectivity index (χ1v) is 6.51. The van der Waals surface area contributed by atoms with E-state index in [-0.39, 0.29) is 11.5 Å². The van der Waals surface area contributed by atoms with Gasteiger partial charge in [-0.3, -0.25) is 4.79 Å². The fourth-order valence-electron chi connectivity index (χ4n) is 1.80. The average Bonchev–Trinajstić information content (AvgIpc) is 2.94. The molecule has 1 aromatic carbocycles. The van der Waals surface area contributed by atoms with Crippen LogP contribution in [-0.4, -0.2) is 25.8 Å². The molecule has 1 N–H and O–H groups in total. The van der Waals surface area contributed by atoms with Crippen molar-refractivity contribution in [1.82, 2.24) is 5.43 Å². The van der Waals surface area contributed by atoms with Gasteiger partial charge in [0.15, 0.2) is 11.5 Å². The number of amides is 1. The van der Waals surface area contributed by atoms with Gasteiger partial charge in [0, 0.05) is 0 Å². The topological polar surface area (TPSA) is 73.1 Å². The maximum Gasteiger partial charge on any atom is 0.387 e. The van der Waals surface area contributed by atoms with Crippen molar-refractivity contribution in [3.8, 4) is 11.5 Å². The van der Waals surface area contributed by atoms with Gasteiger partial charge in [-0.1, -0.05) is 0 Å². The summed E-state index contributed by atoms with van der Waals surface area (Å²) in [5.74, 6) is 0.106. The van der Waals surface area contributed by atoms with Crippen LogP contribution in [0.4, 0.5) is 8.78 Å². The van der Waals surface area contributed by atoms with E-state index in [0.717, 1.165) is 0 Å². The van der Waals surface area contributed by atoms with E-state index in [0.29, 0.717) is 16.9 Å². The number of alkyl halides is 2. The minimum atomic E-state index is -2.94. The van der Waals surface area contributed by atoms with Gasteiger partial charge in [-0.2, -0.15) is 13.9 Å². The van der Waals surface area contributed by atoms with Crippen molar-refractivity contribution in [2.24, 2.45) is 5.10 Å². The van der Waals surface area contributed by atoms with Crippen molar-refractivity contribution in [3.63, 3.8) is 0 Å². The molecule has 0 atom stereocenters. The van der Waals surface area contributed by atoms with Gasteiger partial charge in [0.05, 0.1) is 25.2 Å². The van der Waals surface area contributed by atoms with Crippen LogP contribution in [0.2, 0.25) is 0 Å². The Balaban J connectivity index is 2.05. The summed E-state index contributed by atoms with van der Waals surface area (Å²) in [6, 6.07) is 5.81. The van der Waals surface area contributed by atoms with Gasteiger partial charge in [0.2, 0.25) is 0 Å². The van der Waals surface area contributed by atoms with Crippen molar-refractivity contribution in [3.05, 3.63) is 47.4 Å². The first kappa shape index (κ1) is 16.5. The number of halogens is 2. The molecular weight excluding hydrogens is 310 g/mol. The molecule has 6 nitrogen and oxygen atoms in total. The van der Waals surface area contributed by atoms with Gasteiger partial charge in [0.25, 0.3) is 5.91 Å². The van der Waals surface area contributed by atoms with Crippen molar-refractivity contribution >= 4 is 12.1 Å². The Morgan fingerprint density at radius 3 is 2.74 bits per heavy atom. The molecule has 0 aliphatic carbocycles. The van der Waals surface area contributed by atoms with E-state index in [1.165, 1.54) is 43.9 Å². The third-order valence-corrected chi connectivity index (χ3v) is 2.89. The van der Waals surface area contributed by atoms with Crippen LogP contribution in [0.25, 0.3) is 0 Å². The molecular formula is C15H14F2N2O4.